The van der Waals surface area contributed by atoms with Crippen molar-refractivity contribution in [1.29, 1.82) is 0 Å². The largest absolute Gasteiger partial charge is 0.457 e. The maximum absolute atomic E-state index is 13.4. The van der Waals surface area contributed by atoms with Crippen LogP contribution in [0.1, 0.15) is 34.5 Å². The van der Waals surface area contributed by atoms with Crippen LogP contribution >= 0.6 is 11.3 Å². The van der Waals surface area contributed by atoms with Crippen LogP contribution in [0, 0.1) is 6.92 Å². The third-order valence-corrected chi connectivity index (χ3v) is 7.52. The van der Waals surface area contributed by atoms with Crippen molar-refractivity contribution in [2.75, 3.05) is 10.2 Å². The molecule has 2 aromatic carbocycles. The van der Waals surface area contributed by atoms with Crippen LogP contribution in [0.4, 0.5) is 21.9 Å². The van der Waals surface area contributed by atoms with Crippen LogP contribution in [0.5, 0.6) is 11.5 Å². The van der Waals surface area contributed by atoms with Crippen molar-refractivity contribution in [1.82, 2.24) is 10.3 Å². The Labute approximate surface area is 210 Å². The molecule has 0 saturated heterocycles. The number of thiophene rings is 1. The molecule has 2 aliphatic rings. The predicted molar refractivity (Wildman–Crippen MR) is 139 cm³/mol. The molecule has 6 rings (SSSR count). The Hall–Kier alpha value is -4.24. The molecule has 0 bridgehead atoms. The van der Waals surface area contributed by atoms with Gasteiger partial charge < -0.3 is 15.4 Å². The lowest BCUT2D eigenvalue weighted by molar-refractivity contribution is -0.117. The molecular weight excluding hydrogens is 476 g/mol. The number of hydrogen-bond donors (Lipinski definition) is 2. The molecule has 0 spiro atoms. The van der Waals surface area contributed by atoms with Crippen molar-refractivity contribution in [3.05, 3.63) is 71.2 Å². The second-order valence-electron chi connectivity index (χ2n) is 8.90. The van der Waals surface area contributed by atoms with Gasteiger partial charge in [0.2, 0.25) is 0 Å². The predicted octanol–water partition coefficient (Wildman–Crippen LogP) is 5.93. The fourth-order valence-corrected chi connectivity index (χ4v) is 5.76. The Bertz CT molecular complexity index is 1530. The standard InChI is InChI=1S/C27H22N4O4S/c1-15-13-19(35-18-5-3-2-4-6-18)9-10-20(15)31-21-11-12-28-26-22(21)23(30-27(31)34)24(36-26)25(33)29-16-7-8-17(32)14-16/h2-6,9-13,16H,7-8,14H2,1H3,(H,29,33)(H,30,34). The van der Waals surface area contributed by atoms with Crippen LogP contribution in [-0.4, -0.2) is 28.7 Å². The Morgan fingerprint density at radius 2 is 1.94 bits per heavy atom. The van der Waals surface area contributed by atoms with Gasteiger partial charge in [0, 0.05) is 25.1 Å². The third kappa shape index (κ3) is 3.87. The first kappa shape index (κ1) is 22.2. The zero-order chi connectivity index (χ0) is 24.8. The summed E-state index contributed by atoms with van der Waals surface area (Å²) in [6.07, 6.45) is 3.11. The molecule has 3 amide bonds. The number of nitrogens with zero attached hydrogens (tertiary/aromatic N) is 2. The van der Waals surface area contributed by atoms with Gasteiger partial charge in [-0.15, -0.1) is 11.3 Å². The van der Waals surface area contributed by atoms with Gasteiger partial charge in [-0.2, -0.15) is 0 Å². The fraction of sp³-hybridized carbons (Fsp3) is 0.185. The van der Waals surface area contributed by atoms with Crippen molar-refractivity contribution in [2.45, 2.75) is 32.2 Å². The number of benzene rings is 2. The van der Waals surface area contributed by atoms with E-state index in [1.807, 2.05) is 55.5 Å². The van der Waals surface area contributed by atoms with E-state index >= 15 is 0 Å². The maximum Gasteiger partial charge on any atom is 0.331 e. The number of ether oxygens (including phenoxy) is 1. The molecule has 180 valence electrons. The molecule has 4 aromatic rings. The number of urea groups is 1. The van der Waals surface area contributed by atoms with Crippen molar-refractivity contribution >= 4 is 56.3 Å². The second kappa shape index (κ2) is 8.76. The molecule has 3 heterocycles. The van der Waals surface area contributed by atoms with E-state index in [9.17, 15) is 14.4 Å². The van der Waals surface area contributed by atoms with E-state index in [4.69, 9.17) is 4.74 Å². The van der Waals surface area contributed by atoms with Gasteiger partial charge >= 0.3 is 6.03 Å². The van der Waals surface area contributed by atoms with Gasteiger partial charge in [-0.25, -0.2) is 9.78 Å². The SMILES string of the molecule is Cc1cc(Oc2ccccc2)ccc1N1C(=O)Nc2c(C(=O)NC3CCC(=O)C3)sc3nccc1c23. The van der Waals surface area contributed by atoms with Crippen molar-refractivity contribution in [3.63, 3.8) is 0 Å². The first-order valence-corrected chi connectivity index (χ1v) is 12.5. The number of hydrogen-bond acceptors (Lipinski definition) is 6. The molecule has 2 N–H and O–H groups in total. The number of carbonyl (C=O) groups is 3. The van der Waals surface area contributed by atoms with Crippen molar-refractivity contribution in [2.24, 2.45) is 0 Å². The van der Waals surface area contributed by atoms with E-state index < -0.39 is 0 Å². The zero-order valence-electron chi connectivity index (χ0n) is 19.4. The third-order valence-electron chi connectivity index (χ3n) is 6.42. The number of aromatic nitrogens is 1. The summed E-state index contributed by atoms with van der Waals surface area (Å²) < 4.78 is 5.94. The van der Waals surface area contributed by atoms with Gasteiger partial charge in [-0.05, 0) is 55.3 Å². The number of carbonyl (C=O) groups excluding carboxylic acids is 3. The van der Waals surface area contributed by atoms with E-state index in [1.165, 1.54) is 11.3 Å². The zero-order valence-corrected chi connectivity index (χ0v) is 20.2. The minimum atomic E-state index is -0.363. The highest BCUT2D eigenvalue weighted by Crippen LogP contribution is 2.46. The summed E-state index contributed by atoms with van der Waals surface area (Å²) in [5.41, 5.74) is 2.67. The van der Waals surface area contributed by atoms with E-state index in [0.29, 0.717) is 51.8 Å². The minimum absolute atomic E-state index is 0.154. The van der Waals surface area contributed by atoms with Gasteiger partial charge in [0.15, 0.2) is 0 Å². The van der Waals surface area contributed by atoms with Gasteiger partial charge in [0.25, 0.3) is 5.91 Å². The molecule has 1 aliphatic carbocycles. The normalized spacial score (nSPS) is 16.8. The van der Waals surface area contributed by atoms with Crippen molar-refractivity contribution in [3.8, 4) is 11.5 Å². The van der Waals surface area contributed by atoms with Crippen LogP contribution in [0.3, 0.4) is 0 Å². The van der Waals surface area contributed by atoms with Gasteiger partial charge in [-0.3, -0.25) is 14.5 Å². The highest BCUT2D eigenvalue weighted by molar-refractivity contribution is 7.21. The summed E-state index contributed by atoms with van der Waals surface area (Å²) in [6.45, 7) is 1.92. The van der Waals surface area contributed by atoms with Crippen LogP contribution in [0.15, 0.2) is 60.8 Å². The number of anilines is 3. The summed E-state index contributed by atoms with van der Waals surface area (Å²) in [5, 5.41) is 6.58. The van der Waals surface area contributed by atoms with Crippen LogP contribution in [-0.2, 0) is 4.79 Å². The molecule has 1 saturated carbocycles. The number of pyridine rings is 1. The Kier molecular flexibility index (Phi) is 5.41. The molecule has 36 heavy (non-hydrogen) atoms. The number of Topliss-reactive ketones (excluding diaryl/α,β-unsaturated/α-hetero) is 1. The Balaban J connectivity index is 1.35. The molecule has 1 unspecified atom stereocenters. The van der Waals surface area contributed by atoms with E-state index in [1.54, 1.807) is 17.2 Å². The van der Waals surface area contributed by atoms with E-state index in [-0.39, 0.29) is 23.8 Å². The molecular formula is C27H22N4O4S. The number of nitrogens with one attached hydrogen (secondary N) is 2. The van der Waals surface area contributed by atoms with E-state index in [0.717, 1.165) is 16.7 Å². The second-order valence-corrected chi connectivity index (χ2v) is 9.90. The topological polar surface area (TPSA) is 101 Å². The number of para-hydroxylation sites is 1. The minimum Gasteiger partial charge on any atom is -0.457 e. The Morgan fingerprint density at radius 3 is 2.69 bits per heavy atom. The monoisotopic (exact) mass is 498 g/mol. The summed E-state index contributed by atoms with van der Waals surface area (Å²) >= 11 is 1.23. The molecule has 1 atom stereocenters. The first-order valence-electron chi connectivity index (χ1n) is 11.7. The van der Waals surface area contributed by atoms with Gasteiger partial charge in [-0.1, -0.05) is 18.2 Å². The molecule has 2 aromatic heterocycles. The molecule has 9 heteroatoms. The molecule has 1 aliphatic heterocycles. The van der Waals surface area contributed by atoms with Crippen LogP contribution < -0.4 is 20.3 Å². The number of ketones is 1. The summed E-state index contributed by atoms with van der Waals surface area (Å²) in [7, 11) is 0. The summed E-state index contributed by atoms with van der Waals surface area (Å²) in [6, 6.07) is 16.3. The molecule has 8 nitrogen and oxygen atoms in total. The number of amides is 3. The lowest BCUT2D eigenvalue weighted by atomic mass is 10.1. The summed E-state index contributed by atoms with van der Waals surface area (Å²) in [5.74, 6) is 1.25. The first-order chi connectivity index (χ1) is 17.5. The molecule has 1 fully saturated rings. The van der Waals surface area contributed by atoms with Crippen molar-refractivity contribution < 1.29 is 19.1 Å². The number of aryl methyl sites for hydroxylation is 1. The smallest absolute Gasteiger partial charge is 0.331 e. The molecule has 0 radical (unpaired) electrons. The average Bonchev–Trinajstić information content (AvgIpc) is 3.44. The van der Waals surface area contributed by atoms with E-state index in [2.05, 4.69) is 15.6 Å². The number of rotatable bonds is 5. The fourth-order valence-electron chi connectivity index (χ4n) is 4.74. The quantitative estimate of drug-likeness (QED) is 0.355. The van der Waals surface area contributed by atoms with Gasteiger partial charge in [0.05, 0.1) is 22.4 Å². The highest BCUT2D eigenvalue weighted by Gasteiger charge is 2.34. The lowest BCUT2D eigenvalue weighted by Crippen LogP contribution is -2.36. The van der Waals surface area contributed by atoms with Gasteiger partial charge in [0.1, 0.15) is 27.0 Å². The highest BCUT2D eigenvalue weighted by atomic mass is 32.1. The summed E-state index contributed by atoms with van der Waals surface area (Å²) in [4.78, 5) is 45.2. The lowest BCUT2D eigenvalue weighted by Gasteiger charge is -2.29. The maximum atomic E-state index is 13.4. The average molecular weight is 499 g/mol. The van der Waals surface area contributed by atoms with Crippen LogP contribution in [0.2, 0.25) is 0 Å². The Morgan fingerprint density at radius 1 is 1.11 bits per heavy atom. The van der Waals surface area contributed by atoms with Crippen LogP contribution in [0.25, 0.3) is 10.2 Å².